The van der Waals surface area contributed by atoms with Crippen LogP contribution in [0.3, 0.4) is 0 Å². The summed E-state index contributed by atoms with van der Waals surface area (Å²) in [5.41, 5.74) is 1.99. The summed E-state index contributed by atoms with van der Waals surface area (Å²) in [5, 5.41) is 14.1. The maximum atomic E-state index is 12.4. The lowest BCUT2D eigenvalue weighted by Crippen LogP contribution is -2.41. The number of hydrogen-bond acceptors (Lipinski definition) is 3. The first-order chi connectivity index (χ1) is 12.6. The third-order valence-electron chi connectivity index (χ3n) is 4.95. The lowest BCUT2D eigenvalue weighted by molar-refractivity contribution is -0.126. The second-order valence-corrected chi connectivity index (χ2v) is 7.28. The number of rotatable bonds is 6. The van der Waals surface area contributed by atoms with Crippen LogP contribution in [-0.4, -0.2) is 35.5 Å². The Balaban J connectivity index is 1.42. The van der Waals surface area contributed by atoms with Crippen molar-refractivity contribution in [1.82, 2.24) is 10.2 Å². The van der Waals surface area contributed by atoms with Crippen molar-refractivity contribution in [2.45, 2.75) is 25.5 Å². The van der Waals surface area contributed by atoms with Gasteiger partial charge in [-0.2, -0.15) is 0 Å². The Morgan fingerprint density at radius 1 is 1.12 bits per heavy atom. The van der Waals surface area contributed by atoms with E-state index in [1.54, 1.807) is 12.1 Å². The average molecular weight is 373 g/mol. The van der Waals surface area contributed by atoms with E-state index in [2.05, 4.69) is 10.2 Å². The van der Waals surface area contributed by atoms with Crippen molar-refractivity contribution in [1.29, 1.82) is 0 Å². The summed E-state index contributed by atoms with van der Waals surface area (Å²) in [7, 11) is 0. The Bertz CT molecular complexity index is 698. The maximum Gasteiger partial charge on any atom is 0.223 e. The van der Waals surface area contributed by atoms with Crippen LogP contribution >= 0.6 is 11.6 Å². The number of benzene rings is 2. The van der Waals surface area contributed by atoms with E-state index in [0.29, 0.717) is 18.1 Å². The number of halogens is 1. The molecule has 138 valence electrons. The van der Waals surface area contributed by atoms with Crippen molar-refractivity contribution in [2.75, 3.05) is 19.6 Å². The van der Waals surface area contributed by atoms with E-state index in [1.807, 2.05) is 42.5 Å². The first kappa shape index (κ1) is 18.9. The molecule has 1 unspecified atom stereocenters. The SMILES string of the molecule is O=C(NCc1ccccc1)C1CCN(CC(O)c2ccc(Cl)cc2)CC1. The molecule has 5 heteroatoms. The van der Waals surface area contributed by atoms with E-state index in [0.717, 1.165) is 37.1 Å². The van der Waals surface area contributed by atoms with Gasteiger partial charge in [-0.15, -0.1) is 0 Å². The summed E-state index contributed by atoms with van der Waals surface area (Å²) in [6.07, 6.45) is 1.12. The van der Waals surface area contributed by atoms with Crippen LogP contribution in [0.2, 0.25) is 5.02 Å². The molecule has 1 atom stereocenters. The van der Waals surface area contributed by atoms with Crippen molar-refractivity contribution in [3.8, 4) is 0 Å². The molecule has 2 aromatic rings. The maximum absolute atomic E-state index is 12.4. The molecule has 1 saturated heterocycles. The van der Waals surface area contributed by atoms with Gasteiger partial charge in [-0.25, -0.2) is 0 Å². The zero-order chi connectivity index (χ0) is 18.4. The highest BCUT2D eigenvalue weighted by atomic mass is 35.5. The van der Waals surface area contributed by atoms with E-state index >= 15 is 0 Å². The Morgan fingerprint density at radius 2 is 1.77 bits per heavy atom. The predicted octanol–water partition coefficient (Wildman–Crippen LogP) is 3.40. The van der Waals surface area contributed by atoms with Crippen molar-refractivity contribution >= 4 is 17.5 Å². The number of carbonyl (C=O) groups is 1. The lowest BCUT2D eigenvalue weighted by atomic mass is 9.95. The Labute approximate surface area is 159 Å². The summed E-state index contributed by atoms with van der Waals surface area (Å²) in [6.45, 7) is 2.82. The minimum atomic E-state index is -0.532. The number of aliphatic hydroxyl groups excluding tert-OH is 1. The Hall–Kier alpha value is -1.88. The largest absolute Gasteiger partial charge is 0.387 e. The minimum absolute atomic E-state index is 0.0580. The van der Waals surface area contributed by atoms with Crippen LogP contribution in [0.1, 0.15) is 30.1 Å². The Morgan fingerprint density at radius 3 is 2.42 bits per heavy atom. The van der Waals surface area contributed by atoms with E-state index in [9.17, 15) is 9.90 Å². The lowest BCUT2D eigenvalue weighted by Gasteiger charge is -2.32. The standard InChI is InChI=1S/C21H25ClN2O2/c22-19-8-6-17(7-9-19)20(25)15-24-12-10-18(11-13-24)21(26)23-14-16-4-2-1-3-5-16/h1-9,18,20,25H,10-15H2,(H,23,26). The molecule has 26 heavy (non-hydrogen) atoms. The molecule has 1 heterocycles. The summed E-state index contributed by atoms with van der Waals surface area (Å²) in [6, 6.07) is 17.3. The molecule has 0 spiro atoms. The Kier molecular flexibility index (Phi) is 6.67. The highest BCUT2D eigenvalue weighted by Crippen LogP contribution is 2.22. The van der Waals surface area contributed by atoms with Gasteiger partial charge in [-0.3, -0.25) is 4.79 Å². The molecule has 3 rings (SSSR count). The number of aliphatic hydroxyl groups is 1. The average Bonchev–Trinajstić information content (AvgIpc) is 2.68. The fraction of sp³-hybridized carbons (Fsp3) is 0.381. The molecule has 2 aromatic carbocycles. The van der Waals surface area contributed by atoms with Crippen LogP contribution in [0, 0.1) is 5.92 Å². The molecule has 4 nitrogen and oxygen atoms in total. The highest BCUT2D eigenvalue weighted by molar-refractivity contribution is 6.30. The van der Waals surface area contributed by atoms with Crippen molar-refractivity contribution < 1.29 is 9.90 Å². The quantitative estimate of drug-likeness (QED) is 0.817. The van der Waals surface area contributed by atoms with Crippen molar-refractivity contribution in [3.05, 3.63) is 70.7 Å². The number of amides is 1. The van der Waals surface area contributed by atoms with Gasteiger partial charge in [0.2, 0.25) is 5.91 Å². The second-order valence-electron chi connectivity index (χ2n) is 6.85. The number of likely N-dealkylation sites (tertiary alicyclic amines) is 1. The molecule has 0 radical (unpaired) electrons. The third kappa shape index (κ3) is 5.31. The molecule has 0 aliphatic carbocycles. The molecular weight excluding hydrogens is 348 g/mol. The topological polar surface area (TPSA) is 52.6 Å². The molecule has 0 aromatic heterocycles. The van der Waals surface area contributed by atoms with Gasteiger partial charge in [-0.05, 0) is 49.2 Å². The van der Waals surface area contributed by atoms with E-state index < -0.39 is 6.10 Å². The van der Waals surface area contributed by atoms with Crippen LogP contribution < -0.4 is 5.32 Å². The number of nitrogens with one attached hydrogen (secondary N) is 1. The molecule has 2 N–H and O–H groups in total. The number of hydrogen-bond donors (Lipinski definition) is 2. The molecular formula is C21H25ClN2O2. The fourth-order valence-corrected chi connectivity index (χ4v) is 3.47. The number of nitrogens with zero attached hydrogens (tertiary/aromatic N) is 1. The van der Waals surface area contributed by atoms with Gasteiger partial charge in [0.25, 0.3) is 0 Å². The molecule has 1 aliphatic heterocycles. The first-order valence-electron chi connectivity index (χ1n) is 9.09. The van der Waals surface area contributed by atoms with Crippen LogP contribution in [-0.2, 0) is 11.3 Å². The highest BCUT2D eigenvalue weighted by Gasteiger charge is 2.26. The van der Waals surface area contributed by atoms with Gasteiger partial charge in [-0.1, -0.05) is 54.1 Å². The number of β-amino-alcohol motifs (C(OH)–C–C–N with tert-alkyl or cyclic N) is 1. The summed E-state index contributed by atoms with van der Waals surface area (Å²) in [4.78, 5) is 14.6. The zero-order valence-corrected chi connectivity index (χ0v) is 15.5. The van der Waals surface area contributed by atoms with Crippen LogP contribution in [0.25, 0.3) is 0 Å². The van der Waals surface area contributed by atoms with Crippen LogP contribution in [0.4, 0.5) is 0 Å². The van der Waals surface area contributed by atoms with Gasteiger partial charge in [0.1, 0.15) is 0 Å². The van der Waals surface area contributed by atoms with Crippen molar-refractivity contribution in [2.24, 2.45) is 5.92 Å². The van der Waals surface area contributed by atoms with Crippen LogP contribution in [0.15, 0.2) is 54.6 Å². The van der Waals surface area contributed by atoms with Crippen LogP contribution in [0.5, 0.6) is 0 Å². The minimum Gasteiger partial charge on any atom is -0.387 e. The monoisotopic (exact) mass is 372 g/mol. The number of carbonyl (C=O) groups excluding carboxylic acids is 1. The third-order valence-corrected chi connectivity index (χ3v) is 5.21. The molecule has 1 aliphatic rings. The summed E-state index contributed by atoms with van der Waals surface area (Å²) < 4.78 is 0. The molecule has 0 saturated carbocycles. The fourth-order valence-electron chi connectivity index (χ4n) is 3.34. The molecule has 1 fully saturated rings. The van der Waals surface area contributed by atoms with E-state index in [4.69, 9.17) is 11.6 Å². The first-order valence-corrected chi connectivity index (χ1v) is 9.47. The smallest absolute Gasteiger partial charge is 0.223 e. The van der Waals surface area contributed by atoms with Gasteiger partial charge in [0.15, 0.2) is 0 Å². The van der Waals surface area contributed by atoms with Gasteiger partial charge >= 0.3 is 0 Å². The summed E-state index contributed by atoms with van der Waals surface area (Å²) in [5.74, 6) is 0.189. The van der Waals surface area contributed by atoms with Gasteiger partial charge in [0.05, 0.1) is 6.10 Å². The normalized spacial score (nSPS) is 17.0. The van der Waals surface area contributed by atoms with E-state index in [-0.39, 0.29) is 11.8 Å². The number of piperidine rings is 1. The zero-order valence-electron chi connectivity index (χ0n) is 14.8. The van der Waals surface area contributed by atoms with Crippen molar-refractivity contribution in [3.63, 3.8) is 0 Å². The van der Waals surface area contributed by atoms with Gasteiger partial charge in [0, 0.05) is 24.0 Å². The van der Waals surface area contributed by atoms with Gasteiger partial charge < -0.3 is 15.3 Å². The molecule has 0 bridgehead atoms. The second kappa shape index (κ2) is 9.17. The molecule has 1 amide bonds. The predicted molar refractivity (Wildman–Crippen MR) is 104 cm³/mol. The van der Waals surface area contributed by atoms with E-state index in [1.165, 1.54) is 0 Å². The summed E-state index contributed by atoms with van der Waals surface area (Å²) >= 11 is 5.89.